The zero-order chi connectivity index (χ0) is 12.1. The first kappa shape index (κ1) is 12.9. The molecule has 2 unspecified atom stereocenters. The predicted octanol–water partition coefficient (Wildman–Crippen LogP) is 3.87. The zero-order valence-electron chi connectivity index (χ0n) is 10.3. The van der Waals surface area contributed by atoms with Crippen molar-refractivity contribution in [2.75, 3.05) is 13.1 Å². The van der Waals surface area contributed by atoms with E-state index in [0.29, 0.717) is 12.0 Å². The molecule has 2 atom stereocenters. The largest absolute Gasteiger partial charge is 0.490 e. The maximum absolute atomic E-state index is 6.10. The molecule has 1 aliphatic heterocycles. The van der Waals surface area contributed by atoms with Crippen LogP contribution in [0.25, 0.3) is 0 Å². The van der Waals surface area contributed by atoms with Gasteiger partial charge in [-0.25, -0.2) is 3.93 Å². The topological polar surface area (TPSA) is 12.5 Å². The van der Waals surface area contributed by atoms with Crippen molar-refractivity contribution in [2.24, 2.45) is 5.92 Å². The fourth-order valence-corrected chi connectivity index (χ4v) is 3.07. The first-order valence-electron chi connectivity index (χ1n) is 6.42. The third kappa shape index (κ3) is 3.71. The van der Waals surface area contributed by atoms with E-state index in [4.69, 9.17) is 4.74 Å². The Balaban J connectivity index is 1.96. The molecule has 0 aromatic heterocycles. The van der Waals surface area contributed by atoms with Gasteiger partial charge in [0.2, 0.25) is 0 Å². The number of rotatable bonds is 4. The van der Waals surface area contributed by atoms with E-state index in [-0.39, 0.29) is 0 Å². The number of nitrogens with zero attached hydrogens (tertiary/aromatic N) is 1. The van der Waals surface area contributed by atoms with Gasteiger partial charge in [0.1, 0.15) is 11.9 Å². The Bertz CT molecular complexity index is 330. The number of hydrogen-bond acceptors (Lipinski definition) is 2. The number of piperidine rings is 1. The van der Waals surface area contributed by atoms with Gasteiger partial charge >= 0.3 is 0 Å². The Morgan fingerprint density at radius 3 is 2.82 bits per heavy atom. The molecule has 1 saturated heterocycles. The highest BCUT2D eigenvalue weighted by atomic mass is 79.9. The zero-order valence-corrected chi connectivity index (χ0v) is 11.9. The van der Waals surface area contributed by atoms with Gasteiger partial charge < -0.3 is 4.74 Å². The third-order valence-electron chi connectivity index (χ3n) is 3.37. The Hall–Kier alpha value is -0.540. The summed E-state index contributed by atoms with van der Waals surface area (Å²) in [4.78, 5) is 0. The maximum Gasteiger partial charge on any atom is 0.119 e. The molecule has 0 bridgehead atoms. The Morgan fingerprint density at radius 1 is 1.41 bits per heavy atom. The predicted molar refractivity (Wildman–Crippen MR) is 74.4 cm³/mol. The lowest BCUT2D eigenvalue weighted by molar-refractivity contribution is 0.0955. The van der Waals surface area contributed by atoms with Crippen molar-refractivity contribution in [3.63, 3.8) is 0 Å². The maximum atomic E-state index is 6.10. The summed E-state index contributed by atoms with van der Waals surface area (Å²) in [6.45, 7) is 4.45. The molecule has 0 amide bonds. The molecule has 0 radical (unpaired) electrons. The Labute approximate surface area is 112 Å². The van der Waals surface area contributed by atoms with Crippen LogP contribution >= 0.6 is 16.1 Å². The van der Waals surface area contributed by atoms with Gasteiger partial charge in [0.15, 0.2) is 0 Å². The van der Waals surface area contributed by atoms with Crippen molar-refractivity contribution >= 4 is 16.1 Å². The highest BCUT2D eigenvalue weighted by molar-refractivity contribution is 9.07. The second kappa shape index (κ2) is 6.41. The number of hydrogen-bond donors (Lipinski definition) is 0. The van der Waals surface area contributed by atoms with Crippen molar-refractivity contribution in [3.05, 3.63) is 30.3 Å². The van der Waals surface area contributed by atoms with Crippen molar-refractivity contribution in [3.8, 4) is 5.75 Å². The quantitative estimate of drug-likeness (QED) is 0.783. The molecule has 3 heteroatoms. The molecule has 17 heavy (non-hydrogen) atoms. The second-order valence-corrected chi connectivity index (χ2v) is 5.65. The summed E-state index contributed by atoms with van der Waals surface area (Å²) in [5.41, 5.74) is 0. The van der Waals surface area contributed by atoms with Gasteiger partial charge in [-0.2, -0.15) is 0 Å². The first-order chi connectivity index (χ1) is 8.29. The van der Waals surface area contributed by atoms with E-state index in [1.165, 1.54) is 12.8 Å². The highest BCUT2D eigenvalue weighted by Crippen LogP contribution is 2.26. The molecule has 0 spiro atoms. The molecule has 1 heterocycles. The van der Waals surface area contributed by atoms with Crippen LogP contribution < -0.4 is 4.74 Å². The van der Waals surface area contributed by atoms with Crippen molar-refractivity contribution in [1.29, 1.82) is 0 Å². The molecule has 1 fully saturated rings. The molecule has 2 nitrogen and oxygen atoms in total. The molecular weight excluding hydrogens is 278 g/mol. The summed E-state index contributed by atoms with van der Waals surface area (Å²) in [5, 5.41) is 0. The van der Waals surface area contributed by atoms with E-state index in [9.17, 15) is 0 Å². The fourth-order valence-electron chi connectivity index (χ4n) is 2.45. The lowest BCUT2D eigenvalue weighted by Gasteiger charge is -2.33. The number of para-hydroxylation sites is 1. The van der Waals surface area contributed by atoms with Gasteiger partial charge in [0.25, 0.3) is 0 Å². The molecule has 0 N–H and O–H groups in total. The van der Waals surface area contributed by atoms with Gasteiger partial charge in [-0.1, -0.05) is 25.1 Å². The van der Waals surface area contributed by atoms with E-state index in [1.54, 1.807) is 0 Å². The van der Waals surface area contributed by atoms with Crippen LogP contribution in [0.5, 0.6) is 5.75 Å². The average molecular weight is 298 g/mol. The van der Waals surface area contributed by atoms with Gasteiger partial charge in [0, 0.05) is 35.2 Å². The monoisotopic (exact) mass is 297 g/mol. The van der Waals surface area contributed by atoms with E-state index in [0.717, 1.165) is 25.3 Å². The average Bonchev–Trinajstić information content (AvgIpc) is 2.37. The molecule has 2 rings (SSSR count). The molecule has 0 saturated carbocycles. The first-order valence-corrected chi connectivity index (χ1v) is 7.13. The van der Waals surface area contributed by atoms with E-state index in [1.807, 2.05) is 30.3 Å². The normalized spacial score (nSPS) is 23.3. The molecular formula is C14H20BrNO. The van der Waals surface area contributed by atoms with Crippen LogP contribution in [0.1, 0.15) is 26.2 Å². The second-order valence-electron chi connectivity index (χ2n) is 4.65. The minimum absolute atomic E-state index is 0.331. The summed E-state index contributed by atoms with van der Waals surface area (Å²) in [5.74, 6) is 1.62. The standard InChI is InChI=1S/C14H20BrNO/c1-2-14(12-7-6-10-16(15)11-12)17-13-8-4-3-5-9-13/h3-5,8-9,12,14H,2,6-7,10-11H2,1H3. The fraction of sp³-hybridized carbons (Fsp3) is 0.571. The van der Waals surface area contributed by atoms with Crippen molar-refractivity contribution < 1.29 is 4.74 Å². The minimum Gasteiger partial charge on any atom is -0.490 e. The lowest BCUT2D eigenvalue weighted by Crippen LogP contribution is -2.37. The summed E-state index contributed by atoms with van der Waals surface area (Å²) >= 11 is 3.59. The smallest absolute Gasteiger partial charge is 0.119 e. The molecule has 1 aromatic carbocycles. The van der Waals surface area contributed by atoms with Crippen LogP contribution in [0.2, 0.25) is 0 Å². The molecule has 1 aromatic rings. The highest BCUT2D eigenvalue weighted by Gasteiger charge is 2.26. The minimum atomic E-state index is 0.331. The van der Waals surface area contributed by atoms with Crippen LogP contribution in [0.15, 0.2) is 30.3 Å². The lowest BCUT2D eigenvalue weighted by atomic mass is 9.92. The van der Waals surface area contributed by atoms with Gasteiger partial charge in [-0.05, 0) is 31.4 Å². The van der Waals surface area contributed by atoms with Gasteiger partial charge in [-0.15, -0.1) is 0 Å². The van der Waals surface area contributed by atoms with Crippen molar-refractivity contribution in [2.45, 2.75) is 32.3 Å². The summed E-state index contributed by atoms with van der Waals surface area (Å²) in [6, 6.07) is 10.2. The van der Waals surface area contributed by atoms with E-state index in [2.05, 4.69) is 27.0 Å². The summed E-state index contributed by atoms with van der Waals surface area (Å²) < 4.78 is 8.34. The van der Waals surface area contributed by atoms with Crippen molar-refractivity contribution in [1.82, 2.24) is 3.93 Å². The van der Waals surface area contributed by atoms with Crippen LogP contribution in [0.3, 0.4) is 0 Å². The van der Waals surface area contributed by atoms with Crippen LogP contribution in [0.4, 0.5) is 0 Å². The van der Waals surface area contributed by atoms with E-state index >= 15 is 0 Å². The molecule has 1 aliphatic rings. The van der Waals surface area contributed by atoms with Crippen LogP contribution in [0, 0.1) is 5.92 Å². The van der Waals surface area contributed by atoms with Crippen LogP contribution in [-0.2, 0) is 0 Å². The van der Waals surface area contributed by atoms with Crippen LogP contribution in [-0.4, -0.2) is 23.1 Å². The Kier molecular flexibility index (Phi) is 4.86. The van der Waals surface area contributed by atoms with Gasteiger partial charge in [0.05, 0.1) is 0 Å². The SMILES string of the molecule is CCC(Oc1ccccc1)C1CCCN(Br)C1. The number of ether oxygens (including phenoxy) is 1. The number of halogens is 1. The number of benzene rings is 1. The summed E-state index contributed by atoms with van der Waals surface area (Å²) in [6.07, 6.45) is 3.93. The summed E-state index contributed by atoms with van der Waals surface area (Å²) in [7, 11) is 0. The van der Waals surface area contributed by atoms with E-state index < -0.39 is 0 Å². The van der Waals surface area contributed by atoms with Gasteiger partial charge in [-0.3, -0.25) is 0 Å². The molecule has 94 valence electrons. The molecule has 0 aliphatic carbocycles. The third-order valence-corrected chi connectivity index (χ3v) is 4.01. The Morgan fingerprint density at radius 2 is 2.18 bits per heavy atom.